The summed E-state index contributed by atoms with van der Waals surface area (Å²) >= 11 is 6.24. The highest BCUT2D eigenvalue weighted by Crippen LogP contribution is 2.32. The van der Waals surface area contributed by atoms with Crippen molar-refractivity contribution in [1.82, 2.24) is 4.98 Å². The van der Waals surface area contributed by atoms with Crippen molar-refractivity contribution in [3.8, 4) is 11.8 Å². The summed E-state index contributed by atoms with van der Waals surface area (Å²) in [6.45, 7) is 16.4. The van der Waals surface area contributed by atoms with Crippen LogP contribution in [0.2, 0.25) is 5.02 Å². The summed E-state index contributed by atoms with van der Waals surface area (Å²) in [6, 6.07) is 7.66. The lowest BCUT2D eigenvalue weighted by Gasteiger charge is -2.17. The largest absolute Gasteiger partial charge is 0.480 e. The Morgan fingerprint density at radius 3 is 2.45 bits per heavy atom. The van der Waals surface area contributed by atoms with Gasteiger partial charge in [0.15, 0.2) is 6.29 Å². The van der Waals surface area contributed by atoms with Crippen molar-refractivity contribution in [2.24, 2.45) is 0 Å². The summed E-state index contributed by atoms with van der Waals surface area (Å²) in [4.78, 5) is 15.4. The number of rotatable bonds is 9. The number of carbonyl (C=O) groups is 1. The van der Waals surface area contributed by atoms with E-state index >= 15 is 0 Å². The molecule has 5 heteroatoms. The van der Waals surface area contributed by atoms with Crippen molar-refractivity contribution >= 4 is 29.0 Å². The first-order chi connectivity index (χ1) is 14.8. The molecular weight excluding hydrogens is 410 g/mol. The number of ether oxygens (including phenoxy) is 2. The zero-order valence-electron chi connectivity index (χ0n) is 18.7. The van der Waals surface area contributed by atoms with Gasteiger partial charge >= 0.3 is 0 Å². The first-order valence-electron chi connectivity index (χ1n) is 9.86. The monoisotopic (exact) mass is 437 g/mol. The number of nitrogens with zero attached hydrogens (tertiary/aromatic N) is 1. The minimum Gasteiger partial charge on any atom is -0.480 e. The van der Waals surface area contributed by atoms with Gasteiger partial charge in [0.25, 0.3) is 0 Å². The average molecular weight is 438 g/mol. The first-order valence-corrected chi connectivity index (χ1v) is 10.2. The van der Waals surface area contributed by atoms with Crippen LogP contribution < -0.4 is 9.47 Å². The third-order valence-electron chi connectivity index (χ3n) is 5.14. The van der Waals surface area contributed by atoms with Crippen LogP contribution in [0.3, 0.4) is 0 Å². The van der Waals surface area contributed by atoms with Crippen molar-refractivity contribution in [2.75, 3.05) is 13.7 Å². The minimum atomic E-state index is 0.169. The van der Waals surface area contributed by atoms with Gasteiger partial charge in [-0.25, -0.2) is 0 Å². The van der Waals surface area contributed by atoms with Crippen LogP contribution in [0.15, 0.2) is 60.7 Å². The average Bonchev–Trinajstić information content (AvgIpc) is 2.76. The summed E-state index contributed by atoms with van der Waals surface area (Å²) in [6.07, 6.45) is 4.49. The van der Waals surface area contributed by atoms with Gasteiger partial charge in [0.2, 0.25) is 11.8 Å². The molecule has 31 heavy (non-hydrogen) atoms. The van der Waals surface area contributed by atoms with Gasteiger partial charge in [-0.1, -0.05) is 60.7 Å². The standard InChI is InChI=1S/C26H28ClNO3/c1-8-19(15-31-26-24(27)13-20(14-29)25(28-26)30-7)17(5)21(9-2)23-12-10-11-22(16(3)4)18(23)6/h8-14H,2-3,15H2,1,4-7H3/b19-8-,21-17+. The van der Waals surface area contributed by atoms with Crippen LogP contribution in [0.1, 0.15) is 47.8 Å². The van der Waals surface area contributed by atoms with Crippen molar-refractivity contribution in [1.29, 1.82) is 0 Å². The second-order valence-electron chi connectivity index (χ2n) is 7.10. The number of aldehydes is 1. The molecule has 0 saturated carbocycles. The number of pyridine rings is 1. The minimum absolute atomic E-state index is 0.169. The molecule has 0 aliphatic heterocycles. The zero-order valence-corrected chi connectivity index (χ0v) is 19.5. The van der Waals surface area contributed by atoms with E-state index in [9.17, 15) is 4.79 Å². The Morgan fingerprint density at radius 1 is 1.23 bits per heavy atom. The lowest BCUT2D eigenvalue weighted by atomic mass is 9.89. The van der Waals surface area contributed by atoms with Gasteiger partial charge in [0, 0.05) is 0 Å². The van der Waals surface area contributed by atoms with Gasteiger partial charge < -0.3 is 9.47 Å². The quantitative estimate of drug-likeness (QED) is 0.317. The molecule has 0 aliphatic rings. The second kappa shape index (κ2) is 10.8. The number of allylic oxidation sites excluding steroid dienone is 4. The van der Waals surface area contributed by atoms with Crippen LogP contribution >= 0.6 is 11.6 Å². The van der Waals surface area contributed by atoms with Crippen LogP contribution in [0.4, 0.5) is 0 Å². The molecule has 0 saturated heterocycles. The fourth-order valence-electron chi connectivity index (χ4n) is 3.40. The lowest BCUT2D eigenvalue weighted by molar-refractivity contribution is 0.111. The van der Waals surface area contributed by atoms with Gasteiger partial charge in [-0.05, 0) is 67.2 Å². The highest BCUT2D eigenvalue weighted by molar-refractivity contribution is 6.32. The number of hydrogen-bond acceptors (Lipinski definition) is 4. The van der Waals surface area contributed by atoms with Crippen molar-refractivity contribution < 1.29 is 14.3 Å². The van der Waals surface area contributed by atoms with Gasteiger partial charge in [-0.15, -0.1) is 0 Å². The van der Waals surface area contributed by atoms with Gasteiger partial charge in [-0.3, -0.25) is 4.79 Å². The molecule has 0 bridgehead atoms. The number of hydrogen-bond donors (Lipinski definition) is 0. The maximum atomic E-state index is 11.1. The first kappa shape index (κ1) is 24.2. The summed E-state index contributed by atoms with van der Waals surface area (Å²) < 4.78 is 11.0. The number of methoxy groups -OCH3 is 1. The molecule has 0 N–H and O–H groups in total. The number of halogens is 1. The Kier molecular flexibility index (Phi) is 8.40. The van der Waals surface area contributed by atoms with Crippen molar-refractivity contribution in [3.63, 3.8) is 0 Å². The summed E-state index contributed by atoms with van der Waals surface area (Å²) in [7, 11) is 1.44. The Bertz CT molecular complexity index is 1080. The molecule has 0 amide bonds. The molecule has 2 rings (SSSR count). The molecule has 2 aromatic rings. The second-order valence-corrected chi connectivity index (χ2v) is 7.50. The van der Waals surface area contributed by atoms with Gasteiger partial charge in [0.1, 0.15) is 11.6 Å². The third-order valence-corrected chi connectivity index (χ3v) is 5.41. The fourth-order valence-corrected chi connectivity index (χ4v) is 3.62. The van der Waals surface area contributed by atoms with E-state index in [0.29, 0.717) is 6.29 Å². The predicted molar refractivity (Wildman–Crippen MR) is 129 cm³/mol. The molecule has 1 aromatic heterocycles. The topological polar surface area (TPSA) is 48.4 Å². The SMILES string of the molecule is C=C/C(=C(C)\C(=C/C)COc1nc(OC)c(C=O)cc1Cl)c1cccc(C(=C)C)c1C. The molecule has 0 fully saturated rings. The number of carbonyl (C=O) groups excluding carboxylic acids is 1. The lowest BCUT2D eigenvalue weighted by Crippen LogP contribution is -2.07. The molecule has 0 unspecified atom stereocenters. The zero-order chi connectivity index (χ0) is 23.1. The summed E-state index contributed by atoms with van der Waals surface area (Å²) in [5, 5.41) is 0.244. The van der Waals surface area contributed by atoms with E-state index in [1.165, 1.54) is 13.2 Å². The maximum Gasteiger partial charge on any atom is 0.236 e. The Labute approximate surface area is 189 Å². The molecule has 0 spiro atoms. The smallest absolute Gasteiger partial charge is 0.236 e. The van der Waals surface area contributed by atoms with Crippen LogP contribution in [0, 0.1) is 6.92 Å². The van der Waals surface area contributed by atoms with Crippen LogP contribution in [0.5, 0.6) is 11.8 Å². The van der Waals surface area contributed by atoms with Crippen molar-refractivity contribution in [3.05, 3.63) is 88.0 Å². The Balaban J connectivity index is 2.41. The molecule has 0 aliphatic carbocycles. The van der Waals surface area contributed by atoms with E-state index in [0.717, 1.165) is 39.0 Å². The highest BCUT2D eigenvalue weighted by Gasteiger charge is 2.15. The normalized spacial score (nSPS) is 12.1. The van der Waals surface area contributed by atoms with Crippen LogP contribution in [-0.4, -0.2) is 25.0 Å². The van der Waals surface area contributed by atoms with E-state index in [-0.39, 0.29) is 29.0 Å². The van der Waals surface area contributed by atoms with Gasteiger partial charge in [0.05, 0.1) is 12.7 Å². The Hall–Kier alpha value is -3.11. The maximum absolute atomic E-state index is 11.1. The van der Waals surface area contributed by atoms with E-state index in [4.69, 9.17) is 21.1 Å². The fraction of sp³-hybridized carbons (Fsp3) is 0.231. The predicted octanol–water partition coefficient (Wildman–Crippen LogP) is 6.88. The molecule has 0 atom stereocenters. The van der Waals surface area contributed by atoms with E-state index in [1.54, 1.807) is 0 Å². The molecule has 1 heterocycles. The molecule has 0 radical (unpaired) electrons. The summed E-state index contributed by atoms with van der Waals surface area (Å²) in [5.74, 6) is 0.375. The van der Waals surface area contributed by atoms with Gasteiger partial charge in [-0.2, -0.15) is 4.98 Å². The van der Waals surface area contributed by atoms with E-state index < -0.39 is 0 Å². The Morgan fingerprint density at radius 2 is 1.90 bits per heavy atom. The third kappa shape index (κ3) is 5.33. The van der Waals surface area contributed by atoms with E-state index in [1.807, 2.05) is 39.0 Å². The van der Waals surface area contributed by atoms with Crippen LogP contribution in [-0.2, 0) is 0 Å². The number of benzene rings is 1. The highest BCUT2D eigenvalue weighted by atomic mass is 35.5. The molecular formula is C26H28ClNO3. The molecule has 4 nitrogen and oxygen atoms in total. The summed E-state index contributed by atoms with van der Waals surface area (Å²) in [5.41, 5.74) is 7.68. The van der Waals surface area contributed by atoms with E-state index in [2.05, 4.69) is 37.2 Å². The molecule has 1 aromatic carbocycles. The molecule has 162 valence electrons. The van der Waals surface area contributed by atoms with Crippen LogP contribution in [0.25, 0.3) is 11.1 Å². The van der Waals surface area contributed by atoms with Crippen molar-refractivity contribution in [2.45, 2.75) is 27.7 Å². The number of aromatic nitrogens is 1.